The van der Waals surface area contributed by atoms with Gasteiger partial charge in [0.2, 0.25) is 0 Å². The standard InChI is InChI=1S/C17H28N4/c1-15-4-3-5-16(12-15)20-8-10-21(11-9-20)17(13-18)6-7-19(2)14-17/h3-5,12H,6-11,13-14,18H2,1-2H3. The zero-order valence-electron chi connectivity index (χ0n) is 13.4. The van der Waals surface area contributed by atoms with Crippen LogP contribution < -0.4 is 10.6 Å². The van der Waals surface area contributed by atoms with E-state index in [9.17, 15) is 0 Å². The highest BCUT2D eigenvalue weighted by molar-refractivity contribution is 5.48. The highest BCUT2D eigenvalue weighted by atomic mass is 15.3. The van der Waals surface area contributed by atoms with Gasteiger partial charge in [-0.1, -0.05) is 12.1 Å². The third kappa shape index (κ3) is 2.93. The zero-order chi connectivity index (χ0) is 14.9. The minimum absolute atomic E-state index is 0.216. The van der Waals surface area contributed by atoms with Gasteiger partial charge in [-0.3, -0.25) is 4.90 Å². The maximum Gasteiger partial charge on any atom is 0.0471 e. The van der Waals surface area contributed by atoms with Crippen LogP contribution in [0.3, 0.4) is 0 Å². The van der Waals surface area contributed by atoms with E-state index >= 15 is 0 Å². The molecule has 4 nitrogen and oxygen atoms in total. The molecule has 0 spiro atoms. The van der Waals surface area contributed by atoms with Crippen molar-refractivity contribution >= 4 is 5.69 Å². The predicted molar refractivity (Wildman–Crippen MR) is 88.9 cm³/mol. The summed E-state index contributed by atoms with van der Waals surface area (Å²) in [6.07, 6.45) is 1.21. The Labute approximate surface area is 128 Å². The van der Waals surface area contributed by atoms with E-state index in [4.69, 9.17) is 5.73 Å². The van der Waals surface area contributed by atoms with Gasteiger partial charge in [-0.15, -0.1) is 0 Å². The highest BCUT2D eigenvalue weighted by Gasteiger charge is 2.41. The number of nitrogens with zero attached hydrogens (tertiary/aromatic N) is 3. The average molecular weight is 288 g/mol. The summed E-state index contributed by atoms with van der Waals surface area (Å²) in [5.74, 6) is 0. The SMILES string of the molecule is Cc1cccc(N2CCN(C3(CN)CCN(C)C3)CC2)c1. The van der Waals surface area contributed by atoms with Gasteiger partial charge in [0.25, 0.3) is 0 Å². The molecule has 2 aliphatic rings. The molecule has 3 rings (SSSR count). The van der Waals surface area contributed by atoms with Crippen molar-refractivity contribution in [2.75, 3.05) is 57.8 Å². The van der Waals surface area contributed by atoms with Crippen LogP contribution in [0.15, 0.2) is 24.3 Å². The van der Waals surface area contributed by atoms with Crippen molar-refractivity contribution in [3.63, 3.8) is 0 Å². The van der Waals surface area contributed by atoms with Gasteiger partial charge in [-0.25, -0.2) is 0 Å². The van der Waals surface area contributed by atoms with Crippen molar-refractivity contribution in [1.29, 1.82) is 0 Å². The van der Waals surface area contributed by atoms with Crippen molar-refractivity contribution in [1.82, 2.24) is 9.80 Å². The highest BCUT2D eigenvalue weighted by Crippen LogP contribution is 2.28. The molecule has 0 saturated carbocycles. The first kappa shape index (κ1) is 14.8. The maximum absolute atomic E-state index is 6.15. The first-order chi connectivity index (χ1) is 10.1. The van der Waals surface area contributed by atoms with E-state index in [-0.39, 0.29) is 5.54 Å². The van der Waals surface area contributed by atoms with Gasteiger partial charge in [-0.05, 0) is 44.6 Å². The maximum atomic E-state index is 6.15. The molecule has 2 heterocycles. The largest absolute Gasteiger partial charge is 0.369 e. The first-order valence-corrected chi connectivity index (χ1v) is 8.08. The summed E-state index contributed by atoms with van der Waals surface area (Å²) in [7, 11) is 2.21. The van der Waals surface area contributed by atoms with Crippen molar-refractivity contribution in [3.8, 4) is 0 Å². The smallest absolute Gasteiger partial charge is 0.0471 e. The third-order valence-corrected chi connectivity index (χ3v) is 5.22. The molecule has 1 unspecified atom stereocenters. The average Bonchev–Trinajstić information content (AvgIpc) is 2.90. The molecule has 2 fully saturated rings. The van der Waals surface area contributed by atoms with Crippen LogP contribution in [-0.4, -0.2) is 68.2 Å². The number of aryl methyl sites for hydroxylation is 1. The lowest BCUT2D eigenvalue weighted by Gasteiger charge is -2.46. The molecule has 2 N–H and O–H groups in total. The van der Waals surface area contributed by atoms with E-state index in [0.717, 1.165) is 39.3 Å². The van der Waals surface area contributed by atoms with Crippen LogP contribution in [0.1, 0.15) is 12.0 Å². The minimum Gasteiger partial charge on any atom is -0.369 e. The quantitative estimate of drug-likeness (QED) is 0.905. The first-order valence-electron chi connectivity index (χ1n) is 8.08. The second-order valence-electron chi connectivity index (χ2n) is 6.73. The molecule has 1 aromatic carbocycles. The Morgan fingerprint density at radius 1 is 1.14 bits per heavy atom. The van der Waals surface area contributed by atoms with Crippen LogP contribution in [0.5, 0.6) is 0 Å². The van der Waals surface area contributed by atoms with Crippen molar-refractivity contribution in [3.05, 3.63) is 29.8 Å². The fourth-order valence-corrected chi connectivity index (χ4v) is 3.88. The fourth-order valence-electron chi connectivity index (χ4n) is 3.88. The topological polar surface area (TPSA) is 35.7 Å². The van der Waals surface area contributed by atoms with E-state index in [1.807, 2.05) is 0 Å². The van der Waals surface area contributed by atoms with Crippen molar-refractivity contribution in [2.45, 2.75) is 18.9 Å². The lowest BCUT2D eigenvalue weighted by Crippen LogP contribution is -2.61. The van der Waals surface area contributed by atoms with Crippen molar-refractivity contribution in [2.24, 2.45) is 5.73 Å². The van der Waals surface area contributed by atoms with E-state index in [1.165, 1.54) is 24.2 Å². The summed E-state index contributed by atoms with van der Waals surface area (Å²) < 4.78 is 0. The number of benzene rings is 1. The number of anilines is 1. The Bertz CT molecular complexity index is 481. The number of likely N-dealkylation sites (tertiary alicyclic amines) is 1. The summed E-state index contributed by atoms with van der Waals surface area (Å²) in [4.78, 5) is 7.56. The molecule has 21 heavy (non-hydrogen) atoms. The summed E-state index contributed by atoms with van der Waals surface area (Å²) in [5.41, 5.74) is 9.06. The second kappa shape index (κ2) is 5.95. The Kier molecular flexibility index (Phi) is 4.20. The monoisotopic (exact) mass is 288 g/mol. The van der Waals surface area contributed by atoms with Gasteiger partial charge in [0.1, 0.15) is 0 Å². The molecule has 1 atom stereocenters. The van der Waals surface area contributed by atoms with E-state index < -0.39 is 0 Å². The summed E-state index contributed by atoms with van der Waals surface area (Å²) >= 11 is 0. The third-order valence-electron chi connectivity index (χ3n) is 5.22. The Hall–Kier alpha value is -1.10. The van der Waals surface area contributed by atoms with E-state index in [0.29, 0.717) is 0 Å². The lowest BCUT2D eigenvalue weighted by molar-refractivity contribution is 0.0946. The van der Waals surface area contributed by atoms with Crippen molar-refractivity contribution < 1.29 is 0 Å². The molecular weight excluding hydrogens is 260 g/mol. The molecule has 0 bridgehead atoms. The molecule has 0 aromatic heterocycles. The molecule has 1 aromatic rings. The van der Waals surface area contributed by atoms with Crippen LogP contribution in [0.4, 0.5) is 5.69 Å². The van der Waals surface area contributed by atoms with E-state index in [1.54, 1.807) is 0 Å². The number of rotatable bonds is 3. The van der Waals surface area contributed by atoms with Gasteiger partial charge in [0.05, 0.1) is 0 Å². The molecular formula is C17H28N4. The Morgan fingerprint density at radius 3 is 2.48 bits per heavy atom. The van der Waals surface area contributed by atoms with Crippen LogP contribution >= 0.6 is 0 Å². The predicted octanol–water partition coefficient (Wildman–Crippen LogP) is 1.15. The van der Waals surface area contributed by atoms with E-state index in [2.05, 4.69) is 52.9 Å². The summed E-state index contributed by atoms with van der Waals surface area (Å²) in [6.45, 7) is 9.70. The number of piperazine rings is 1. The molecule has 4 heteroatoms. The zero-order valence-corrected chi connectivity index (χ0v) is 13.4. The normalized spacial score (nSPS) is 28.2. The molecule has 0 aliphatic carbocycles. The van der Waals surface area contributed by atoms with Crippen LogP contribution in [-0.2, 0) is 0 Å². The minimum atomic E-state index is 0.216. The lowest BCUT2D eigenvalue weighted by atomic mass is 9.95. The number of likely N-dealkylation sites (N-methyl/N-ethyl adjacent to an activating group) is 1. The molecule has 2 saturated heterocycles. The second-order valence-corrected chi connectivity index (χ2v) is 6.73. The van der Waals surface area contributed by atoms with Gasteiger partial charge in [0.15, 0.2) is 0 Å². The molecule has 0 amide bonds. The van der Waals surface area contributed by atoms with Crippen LogP contribution in [0.2, 0.25) is 0 Å². The van der Waals surface area contributed by atoms with Gasteiger partial charge < -0.3 is 15.5 Å². The van der Waals surface area contributed by atoms with Gasteiger partial charge in [0, 0.05) is 50.5 Å². The van der Waals surface area contributed by atoms with Gasteiger partial charge >= 0.3 is 0 Å². The molecule has 116 valence electrons. The number of hydrogen-bond donors (Lipinski definition) is 1. The summed E-state index contributed by atoms with van der Waals surface area (Å²) in [5, 5.41) is 0. The molecule has 2 aliphatic heterocycles. The summed E-state index contributed by atoms with van der Waals surface area (Å²) in [6, 6.07) is 8.84. The van der Waals surface area contributed by atoms with Gasteiger partial charge in [-0.2, -0.15) is 0 Å². The number of nitrogens with two attached hydrogens (primary N) is 1. The van der Waals surface area contributed by atoms with Crippen LogP contribution in [0.25, 0.3) is 0 Å². The number of hydrogen-bond acceptors (Lipinski definition) is 4. The Morgan fingerprint density at radius 2 is 1.90 bits per heavy atom. The van der Waals surface area contributed by atoms with Crippen LogP contribution in [0, 0.1) is 6.92 Å². The fraction of sp³-hybridized carbons (Fsp3) is 0.647. The Balaban J connectivity index is 1.65. The molecule has 0 radical (unpaired) electrons.